The largest absolute Gasteiger partial charge is 0.310 e. The summed E-state index contributed by atoms with van der Waals surface area (Å²) in [6, 6.07) is 80.9. The lowest BCUT2D eigenvalue weighted by molar-refractivity contribution is 0.371. The van der Waals surface area contributed by atoms with Gasteiger partial charge in [-0.05, 0) is 205 Å². The minimum absolute atomic E-state index is 0.0486. The third-order valence-corrected chi connectivity index (χ3v) is 19.1. The highest BCUT2D eigenvalue weighted by Gasteiger charge is 2.40. The number of nitrogens with zero attached hydrogens (tertiary/aromatic N) is 2. The summed E-state index contributed by atoms with van der Waals surface area (Å²) in [5.41, 5.74) is 31.6. The normalized spacial score (nSPS) is 14.7. The van der Waals surface area contributed by atoms with Gasteiger partial charge in [0.2, 0.25) is 0 Å². The van der Waals surface area contributed by atoms with Crippen molar-refractivity contribution in [1.82, 2.24) is 0 Å². The second-order valence-electron chi connectivity index (χ2n) is 25.5. The first-order valence-electron chi connectivity index (χ1n) is 28.6. The predicted molar refractivity (Wildman–Crippen MR) is 337 cm³/mol. The second kappa shape index (κ2) is 18.2. The SMILES string of the molecule is Cc1ccc(N(c2ccc(-c3ccc4c(c3)C(C)(C)c3ccccc3-4)cc2)c2ccc3c(c2)C(C)(C)c2cc(N(c4ccc(C)cc4)c4ccc(-c5ccc6c(c5)C(C)(C)c5cc(C(C)(C)C(C)C)ccc5-6)cc4)ccc2-3)cc1. The van der Waals surface area contributed by atoms with Crippen LogP contribution < -0.4 is 9.80 Å². The van der Waals surface area contributed by atoms with Gasteiger partial charge in [0, 0.05) is 50.4 Å². The molecule has 79 heavy (non-hydrogen) atoms. The van der Waals surface area contributed by atoms with E-state index in [2.05, 4.69) is 305 Å². The van der Waals surface area contributed by atoms with Gasteiger partial charge in [-0.2, -0.15) is 0 Å². The number of fused-ring (bicyclic) bond motifs is 9. The van der Waals surface area contributed by atoms with Gasteiger partial charge in [0.25, 0.3) is 0 Å². The van der Waals surface area contributed by atoms with E-state index in [0.717, 1.165) is 34.1 Å². The zero-order valence-electron chi connectivity index (χ0n) is 48.2. The van der Waals surface area contributed by atoms with Crippen molar-refractivity contribution in [3.05, 3.63) is 262 Å². The standard InChI is InChI=1S/C77H72N2/c1-48(2)74(5,6)55-27-40-65-64-39-26-54(44-70(64)76(9,10)71(65)45-55)52-23-34-59(35-24-52)79(57-30-19-50(4)20-31-57)61-37-42-67-66-41-36-60(46-72(66)77(11,12)73(67)47-61)78(56-28-17-49(3)18-29-56)58-32-21-51(22-33-58)53-25-38-63-62-15-13-14-16-68(62)75(7,8)69(63)43-53/h13-48H,1-12H3. The molecule has 0 bridgehead atoms. The van der Waals surface area contributed by atoms with Crippen LogP contribution in [0.3, 0.4) is 0 Å². The first kappa shape index (κ1) is 50.3. The summed E-state index contributed by atoms with van der Waals surface area (Å²) in [6.45, 7) is 28.1. The molecule has 2 heteroatoms. The fraction of sp³-hybridized carbons (Fsp3) is 0.221. The van der Waals surface area contributed by atoms with E-state index in [1.165, 1.54) is 106 Å². The van der Waals surface area contributed by atoms with Gasteiger partial charge in [-0.1, -0.05) is 208 Å². The highest BCUT2D eigenvalue weighted by atomic mass is 15.1. The van der Waals surface area contributed by atoms with E-state index >= 15 is 0 Å². The lowest BCUT2D eigenvalue weighted by atomic mass is 9.73. The van der Waals surface area contributed by atoms with Crippen LogP contribution in [0.15, 0.2) is 212 Å². The minimum atomic E-state index is -0.267. The molecule has 0 heterocycles. The minimum Gasteiger partial charge on any atom is -0.310 e. The Kier molecular flexibility index (Phi) is 11.6. The Morgan fingerprint density at radius 2 is 0.608 bits per heavy atom. The average molecular weight is 1030 g/mol. The number of aryl methyl sites for hydroxylation is 2. The van der Waals surface area contributed by atoms with Crippen molar-refractivity contribution in [2.24, 2.45) is 5.92 Å². The molecule has 390 valence electrons. The number of rotatable bonds is 10. The van der Waals surface area contributed by atoms with Crippen molar-refractivity contribution < 1.29 is 0 Å². The van der Waals surface area contributed by atoms with Gasteiger partial charge in [-0.15, -0.1) is 0 Å². The van der Waals surface area contributed by atoms with E-state index in [-0.39, 0.29) is 21.7 Å². The Morgan fingerprint density at radius 1 is 0.304 bits per heavy atom. The molecular formula is C77H72N2. The predicted octanol–water partition coefficient (Wildman–Crippen LogP) is 21.4. The van der Waals surface area contributed by atoms with Gasteiger partial charge in [0.05, 0.1) is 0 Å². The summed E-state index contributed by atoms with van der Waals surface area (Å²) in [4.78, 5) is 4.85. The first-order chi connectivity index (χ1) is 37.8. The maximum atomic E-state index is 2.50. The van der Waals surface area contributed by atoms with Gasteiger partial charge >= 0.3 is 0 Å². The summed E-state index contributed by atoms with van der Waals surface area (Å²) < 4.78 is 0. The van der Waals surface area contributed by atoms with Crippen LogP contribution in [0.4, 0.5) is 34.1 Å². The molecule has 2 nitrogen and oxygen atoms in total. The molecular weight excluding hydrogens is 953 g/mol. The summed E-state index contributed by atoms with van der Waals surface area (Å²) in [7, 11) is 0. The van der Waals surface area contributed by atoms with Gasteiger partial charge < -0.3 is 9.80 Å². The Labute approximate surface area is 470 Å². The van der Waals surface area contributed by atoms with Gasteiger partial charge in [-0.3, -0.25) is 0 Å². The van der Waals surface area contributed by atoms with Crippen LogP contribution in [0.1, 0.15) is 119 Å². The molecule has 0 atom stereocenters. The van der Waals surface area contributed by atoms with Gasteiger partial charge in [0.1, 0.15) is 0 Å². The molecule has 0 N–H and O–H groups in total. The zero-order valence-corrected chi connectivity index (χ0v) is 48.2. The van der Waals surface area contributed by atoms with Crippen LogP contribution in [0, 0.1) is 19.8 Å². The van der Waals surface area contributed by atoms with Crippen LogP contribution >= 0.6 is 0 Å². The van der Waals surface area contributed by atoms with Crippen LogP contribution in [0.2, 0.25) is 0 Å². The monoisotopic (exact) mass is 1020 g/mol. The van der Waals surface area contributed by atoms with E-state index < -0.39 is 0 Å². The Balaban J connectivity index is 0.818. The number of benzene rings is 10. The van der Waals surface area contributed by atoms with E-state index in [9.17, 15) is 0 Å². The van der Waals surface area contributed by atoms with E-state index in [0.29, 0.717) is 5.92 Å². The smallest absolute Gasteiger partial charge is 0.0465 e. The van der Waals surface area contributed by atoms with Crippen molar-refractivity contribution >= 4 is 34.1 Å². The molecule has 3 aliphatic rings. The Hall–Kier alpha value is -8.20. The molecule has 0 unspecified atom stereocenters. The molecule has 0 fully saturated rings. The van der Waals surface area contributed by atoms with E-state index in [4.69, 9.17) is 0 Å². The number of hydrogen-bond acceptors (Lipinski definition) is 2. The molecule has 13 rings (SSSR count). The number of anilines is 6. The summed E-state index contributed by atoms with van der Waals surface area (Å²) in [5.74, 6) is 0.544. The summed E-state index contributed by atoms with van der Waals surface area (Å²) in [6.07, 6.45) is 0. The van der Waals surface area contributed by atoms with E-state index in [1.807, 2.05) is 0 Å². The fourth-order valence-corrected chi connectivity index (χ4v) is 13.4. The zero-order chi connectivity index (χ0) is 54.9. The maximum Gasteiger partial charge on any atom is 0.0465 e. The van der Waals surface area contributed by atoms with Crippen molar-refractivity contribution in [2.75, 3.05) is 9.80 Å². The maximum absolute atomic E-state index is 2.50. The highest BCUT2D eigenvalue weighted by Crippen LogP contribution is 2.55. The van der Waals surface area contributed by atoms with Crippen molar-refractivity contribution in [1.29, 1.82) is 0 Å². The van der Waals surface area contributed by atoms with Crippen LogP contribution in [0.25, 0.3) is 55.6 Å². The quantitative estimate of drug-likeness (QED) is 0.135. The van der Waals surface area contributed by atoms with Gasteiger partial charge in [0.15, 0.2) is 0 Å². The summed E-state index contributed by atoms with van der Waals surface area (Å²) in [5, 5.41) is 0. The first-order valence-corrected chi connectivity index (χ1v) is 28.6. The summed E-state index contributed by atoms with van der Waals surface area (Å²) >= 11 is 0. The lowest BCUT2D eigenvalue weighted by Crippen LogP contribution is -2.25. The molecule has 0 aliphatic heterocycles. The molecule has 3 aliphatic carbocycles. The van der Waals surface area contributed by atoms with Crippen molar-refractivity contribution in [2.45, 2.75) is 105 Å². The van der Waals surface area contributed by atoms with Crippen molar-refractivity contribution in [3.8, 4) is 55.6 Å². The fourth-order valence-electron chi connectivity index (χ4n) is 13.4. The van der Waals surface area contributed by atoms with Crippen LogP contribution in [-0.4, -0.2) is 0 Å². The van der Waals surface area contributed by atoms with E-state index in [1.54, 1.807) is 0 Å². The molecule has 0 saturated carbocycles. The third-order valence-electron chi connectivity index (χ3n) is 19.1. The third kappa shape index (κ3) is 8.04. The molecule has 0 aromatic heterocycles. The molecule has 10 aromatic rings. The molecule has 10 aromatic carbocycles. The average Bonchev–Trinajstić information content (AvgIpc) is 4.01. The van der Waals surface area contributed by atoms with Crippen LogP contribution in [-0.2, 0) is 21.7 Å². The van der Waals surface area contributed by atoms with Crippen molar-refractivity contribution in [3.63, 3.8) is 0 Å². The highest BCUT2D eigenvalue weighted by molar-refractivity contribution is 5.90. The number of hydrogen-bond donors (Lipinski definition) is 0. The molecule has 0 spiro atoms. The second-order valence-corrected chi connectivity index (χ2v) is 25.5. The topological polar surface area (TPSA) is 6.48 Å². The molecule has 0 saturated heterocycles. The van der Waals surface area contributed by atoms with Crippen LogP contribution in [0.5, 0.6) is 0 Å². The Morgan fingerprint density at radius 3 is 1.03 bits per heavy atom. The lowest BCUT2D eigenvalue weighted by Gasteiger charge is -2.31. The molecule has 0 radical (unpaired) electrons. The molecule has 0 amide bonds. The van der Waals surface area contributed by atoms with Gasteiger partial charge in [-0.25, -0.2) is 0 Å². The Bertz CT molecular complexity index is 4030.